The Kier molecular flexibility index (Phi) is 4.08. The molecule has 0 atom stereocenters. The van der Waals surface area contributed by atoms with Crippen molar-refractivity contribution in [2.24, 2.45) is 0 Å². The monoisotopic (exact) mass is 299 g/mol. The fourth-order valence-electron chi connectivity index (χ4n) is 1.91. The number of hydrogen-bond donors (Lipinski definition) is 1. The molecule has 1 N–H and O–H groups in total. The normalized spacial score (nSPS) is 16.9. The zero-order valence-corrected chi connectivity index (χ0v) is 11.5. The largest absolute Gasteiger partial charge is 0.434 e. The number of halogens is 2. The fourth-order valence-corrected chi connectivity index (χ4v) is 2.60. The lowest BCUT2D eigenvalue weighted by Crippen LogP contribution is -2.17. The third-order valence-corrected chi connectivity index (χ3v) is 3.44. The first-order valence-corrected chi connectivity index (χ1v) is 6.49. The van der Waals surface area contributed by atoms with Crippen LogP contribution in [0.4, 0.5) is 13.6 Å². The van der Waals surface area contributed by atoms with Crippen LogP contribution in [0.15, 0.2) is 17.0 Å². The quantitative estimate of drug-likeness (QED) is 0.871. The van der Waals surface area contributed by atoms with Crippen LogP contribution in [0, 0.1) is 13.8 Å². The molecule has 7 heteroatoms. The minimum Gasteiger partial charge on any atom is -0.434 e. The Morgan fingerprint density at radius 1 is 1.25 bits per heavy atom. The zero-order valence-electron chi connectivity index (χ0n) is 10.7. The molecule has 0 radical (unpaired) electrons. The van der Waals surface area contributed by atoms with Crippen LogP contribution < -0.4 is 10.1 Å². The van der Waals surface area contributed by atoms with Gasteiger partial charge in [-0.25, -0.2) is 0 Å². The summed E-state index contributed by atoms with van der Waals surface area (Å²) in [6.45, 7) is 0.393. The van der Waals surface area contributed by atoms with Gasteiger partial charge < -0.3 is 4.74 Å². The summed E-state index contributed by atoms with van der Waals surface area (Å²) in [5, 5.41) is 1.72. The molecule has 1 aliphatic heterocycles. The predicted octanol–water partition coefficient (Wildman–Crippen LogP) is 3.23. The number of aryl methyl sites for hydroxylation is 2. The van der Waals surface area contributed by atoms with E-state index < -0.39 is 17.8 Å². The Morgan fingerprint density at radius 2 is 1.85 bits per heavy atom. The number of nitrogens with one attached hydrogen (secondary N) is 1. The number of benzene rings is 1. The molecule has 0 aliphatic carbocycles. The minimum absolute atomic E-state index is 0.127. The number of imide groups is 1. The molecular formula is C13H11F2NO3S. The Bertz CT molecular complexity index is 591. The highest BCUT2D eigenvalue weighted by Gasteiger charge is 2.25. The van der Waals surface area contributed by atoms with Crippen LogP contribution in [-0.4, -0.2) is 17.8 Å². The summed E-state index contributed by atoms with van der Waals surface area (Å²) in [4.78, 5) is 22.8. The average molecular weight is 299 g/mol. The van der Waals surface area contributed by atoms with Gasteiger partial charge in [-0.1, -0.05) is 0 Å². The van der Waals surface area contributed by atoms with Gasteiger partial charge in [0.25, 0.3) is 11.1 Å². The Morgan fingerprint density at radius 3 is 2.30 bits per heavy atom. The first-order chi connectivity index (χ1) is 9.36. The molecule has 20 heavy (non-hydrogen) atoms. The Labute approximate surface area is 118 Å². The van der Waals surface area contributed by atoms with Crippen molar-refractivity contribution in [2.75, 3.05) is 0 Å². The molecule has 0 aromatic heterocycles. The number of alkyl halides is 2. The highest BCUT2D eigenvalue weighted by atomic mass is 32.2. The van der Waals surface area contributed by atoms with E-state index in [2.05, 4.69) is 10.1 Å². The zero-order chi connectivity index (χ0) is 14.9. The molecule has 0 spiro atoms. The van der Waals surface area contributed by atoms with E-state index >= 15 is 0 Å². The molecule has 1 heterocycles. The van der Waals surface area contributed by atoms with Crippen LogP contribution in [0.5, 0.6) is 5.75 Å². The Hall–Kier alpha value is -1.89. The van der Waals surface area contributed by atoms with Crippen LogP contribution in [0.1, 0.15) is 16.7 Å². The maximum absolute atomic E-state index is 12.3. The lowest BCUT2D eigenvalue weighted by atomic mass is 10.1. The van der Waals surface area contributed by atoms with Gasteiger partial charge in [-0.05, 0) is 60.5 Å². The number of rotatable bonds is 3. The second kappa shape index (κ2) is 5.62. The van der Waals surface area contributed by atoms with Crippen LogP contribution in [0.2, 0.25) is 0 Å². The molecule has 1 saturated heterocycles. The second-order valence-corrected chi connectivity index (χ2v) is 5.23. The van der Waals surface area contributed by atoms with Crippen molar-refractivity contribution in [1.82, 2.24) is 5.32 Å². The fraction of sp³-hybridized carbons (Fsp3) is 0.231. The number of hydrogen-bond acceptors (Lipinski definition) is 4. The van der Waals surface area contributed by atoms with E-state index in [1.807, 2.05) is 0 Å². The average Bonchev–Trinajstić information content (AvgIpc) is 2.62. The van der Waals surface area contributed by atoms with Gasteiger partial charge in [-0.15, -0.1) is 0 Å². The minimum atomic E-state index is -2.88. The molecule has 2 amide bonds. The van der Waals surface area contributed by atoms with Gasteiger partial charge in [0, 0.05) is 0 Å². The third kappa shape index (κ3) is 3.16. The van der Waals surface area contributed by atoms with Crippen molar-refractivity contribution in [3.8, 4) is 5.75 Å². The van der Waals surface area contributed by atoms with E-state index in [1.165, 1.54) is 6.08 Å². The summed E-state index contributed by atoms with van der Waals surface area (Å²) in [5.41, 5.74) is 1.72. The summed E-state index contributed by atoms with van der Waals surface area (Å²) in [6.07, 6.45) is 1.54. The molecular weight excluding hydrogens is 288 g/mol. The summed E-state index contributed by atoms with van der Waals surface area (Å²) in [6, 6.07) is 3.24. The Balaban J connectivity index is 2.33. The topological polar surface area (TPSA) is 55.4 Å². The number of amides is 2. The van der Waals surface area contributed by atoms with Crippen molar-refractivity contribution >= 4 is 29.0 Å². The summed E-state index contributed by atoms with van der Waals surface area (Å²) in [5.74, 6) is -0.329. The van der Waals surface area contributed by atoms with Gasteiger partial charge in [0.15, 0.2) is 0 Å². The molecule has 4 nitrogen and oxygen atoms in total. The molecule has 2 rings (SSSR count). The smallest absolute Gasteiger partial charge is 0.387 e. The highest BCUT2D eigenvalue weighted by Crippen LogP contribution is 2.30. The van der Waals surface area contributed by atoms with Gasteiger partial charge in [0.1, 0.15) is 5.75 Å². The van der Waals surface area contributed by atoms with Gasteiger partial charge in [-0.2, -0.15) is 8.78 Å². The lowest BCUT2D eigenvalue weighted by Gasteiger charge is -2.12. The van der Waals surface area contributed by atoms with E-state index in [-0.39, 0.29) is 10.7 Å². The maximum Gasteiger partial charge on any atom is 0.387 e. The molecule has 1 aromatic carbocycles. The predicted molar refractivity (Wildman–Crippen MR) is 71.7 cm³/mol. The summed E-state index contributed by atoms with van der Waals surface area (Å²) >= 11 is 0.805. The summed E-state index contributed by atoms with van der Waals surface area (Å²) in [7, 11) is 0. The maximum atomic E-state index is 12.3. The highest BCUT2D eigenvalue weighted by molar-refractivity contribution is 8.18. The molecule has 0 saturated carbocycles. The molecule has 0 unspecified atom stereocenters. The van der Waals surface area contributed by atoms with Gasteiger partial charge in [0.05, 0.1) is 4.91 Å². The van der Waals surface area contributed by atoms with Crippen molar-refractivity contribution in [3.63, 3.8) is 0 Å². The first-order valence-electron chi connectivity index (χ1n) is 5.67. The standard InChI is InChI=1S/C13H11F2NO3S/c1-6-3-8(4-7(2)10(6)19-12(14)15)5-9-11(17)16-13(18)20-9/h3-5,12H,1-2H3,(H,16,17,18). The molecule has 1 fully saturated rings. The second-order valence-electron chi connectivity index (χ2n) is 4.21. The van der Waals surface area contributed by atoms with E-state index in [1.54, 1.807) is 26.0 Å². The molecule has 0 bridgehead atoms. The van der Waals surface area contributed by atoms with Gasteiger partial charge in [-0.3, -0.25) is 14.9 Å². The summed E-state index contributed by atoms with van der Waals surface area (Å²) < 4.78 is 29.0. The molecule has 1 aromatic rings. The number of carbonyl (C=O) groups excluding carboxylic acids is 2. The van der Waals surface area contributed by atoms with Crippen LogP contribution in [0.25, 0.3) is 6.08 Å². The van der Waals surface area contributed by atoms with Gasteiger partial charge in [0.2, 0.25) is 0 Å². The number of thioether (sulfide) groups is 1. The first kappa shape index (κ1) is 14.5. The van der Waals surface area contributed by atoms with Crippen LogP contribution >= 0.6 is 11.8 Å². The van der Waals surface area contributed by atoms with Crippen molar-refractivity contribution in [3.05, 3.63) is 33.7 Å². The van der Waals surface area contributed by atoms with Crippen molar-refractivity contribution in [2.45, 2.75) is 20.5 Å². The van der Waals surface area contributed by atoms with E-state index in [0.29, 0.717) is 16.7 Å². The van der Waals surface area contributed by atoms with E-state index in [4.69, 9.17) is 0 Å². The SMILES string of the molecule is Cc1cc(C=C2SC(=O)NC2=O)cc(C)c1OC(F)F. The third-order valence-electron chi connectivity index (χ3n) is 2.63. The van der Waals surface area contributed by atoms with Crippen LogP contribution in [0.3, 0.4) is 0 Å². The van der Waals surface area contributed by atoms with E-state index in [0.717, 1.165) is 11.8 Å². The van der Waals surface area contributed by atoms with Crippen molar-refractivity contribution < 1.29 is 23.1 Å². The van der Waals surface area contributed by atoms with E-state index in [9.17, 15) is 18.4 Å². The van der Waals surface area contributed by atoms with Crippen molar-refractivity contribution in [1.29, 1.82) is 0 Å². The number of carbonyl (C=O) groups is 2. The van der Waals surface area contributed by atoms with Gasteiger partial charge >= 0.3 is 6.61 Å². The lowest BCUT2D eigenvalue weighted by molar-refractivity contribution is -0.115. The molecule has 1 aliphatic rings. The molecule has 106 valence electrons. The number of ether oxygens (including phenoxy) is 1. The van der Waals surface area contributed by atoms with Crippen LogP contribution in [-0.2, 0) is 4.79 Å².